The van der Waals surface area contributed by atoms with Gasteiger partial charge in [0, 0.05) is 0 Å². The Bertz CT molecular complexity index is 805. The van der Waals surface area contributed by atoms with Crippen molar-refractivity contribution >= 4 is 34.4 Å². The van der Waals surface area contributed by atoms with Crippen molar-refractivity contribution < 1.29 is 0 Å². The zero-order valence-electron chi connectivity index (χ0n) is 9.69. The third kappa shape index (κ3) is 2.11. The Morgan fingerprint density at radius 1 is 1.26 bits per heavy atom. The van der Waals surface area contributed by atoms with Gasteiger partial charge in [0.15, 0.2) is 11.1 Å². The standard InChI is InChI=1S/C12H9Cl2N5/c13-8-3-1-2-7(9(8)14)4-19-6-18-11(15)10-12(19)17-5-16-10/h1-3,5-6,15H,4H2,(H,16,17). The number of H-pyrrole nitrogens is 1. The number of imidazole rings is 1. The summed E-state index contributed by atoms with van der Waals surface area (Å²) < 4.78 is 1.82. The van der Waals surface area contributed by atoms with Gasteiger partial charge in [-0.2, -0.15) is 0 Å². The van der Waals surface area contributed by atoms with Crippen molar-refractivity contribution in [3.63, 3.8) is 0 Å². The van der Waals surface area contributed by atoms with Crippen molar-refractivity contribution in [2.24, 2.45) is 0 Å². The van der Waals surface area contributed by atoms with E-state index in [2.05, 4.69) is 15.0 Å². The van der Waals surface area contributed by atoms with Crippen LogP contribution in [0.25, 0.3) is 11.2 Å². The highest BCUT2D eigenvalue weighted by Crippen LogP contribution is 2.26. The van der Waals surface area contributed by atoms with Crippen LogP contribution in [0.15, 0.2) is 30.9 Å². The van der Waals surface area contributed by atoms with E-state index in [4.69, 9.17) is 28.6 Å². The first-order valence-electron chi connectivity index (χ1n) is 5.53. The van der Waals surface area contributed by atoms with Crippen LogP contribution in [0.1, 0.15) is 5.56 Å². The molecule has 0 aliphatic heterocycles. The maximum Gasteiger partial charge on any atom is 0.173 e. The summed E-state index contributed by atoms with van der Waals surface area (Å²) in [6.45, 7) is 0.494. The number of fused-ring (bicyclic) bond motifs is 1. The molecule has 0 atom stereocenters. The van der Waals surface area contributed by atoms with E-state index < -0.39 is 0 Å². The number of nitrogens with zero attached hydrogens (tertiary/aromatic N) is 3. The van der Waals surface area contributed by atoms with E-state index in [9.17, 15) is 0 Å². The van der Waals surface area contributed by atoms with Crippen LogP contribution in [-0.2, 0) is 6.54 Å². The fourth-order valence-electron chi connectivity index (χ4n) is 1.90. The molecule has 7 heteroatoms. The predicted octanol–water partition coefficient (Wildman–Crippen LogP) is 2.59. The van der Waals surface area contributed by atoms with Gasteiger partial charge in [0.05, 0.1) is 29.2 Å². The number of aromatic nitrogens is 4. The van der Waals surface area contributed by atoms with Gasteiger partial charge >= 0.3 is 0 Å². The molecule has 2 aromatic heterocycles. The second-order valence-electron chi connectivity index (χ2n) is 4.04. The maximum absolute atomic E-state index is 7.69. The van der Waals surface area contributed by atoms with Crippen LogP contribution in [0.2, 0.25) is 10.0 Å². The lowest BCUT2D eigenvalue weighted by atomic mass is 10.2. The number of hydrogen-bond acceptors (Lipinski definition) is 3. The first kappa shape index (κ1) is 12.2. The molecule has 0 amide bonds. The van der Waals surface area contributed by atoms with Crippen molar-refractivity contribution in [2.75, 3.05) is 0 Å². The summed E-state index contributed by atoms with van der Waals surface area (Å²) in [6.07, 6.45) is 3.11. The van der Waals surface area contributed by atoms with Crippen molar-refractivity contribution in [1.29, 1.82) is 5.41 Å². The van der Waals surface area contributed by atoms with E-state index in [0.717, 1.165) is 5.56 Å². The summed E-state index contributed by atoms with van der Waals surface area (Å²) in [7, 11) is 0. The number of benzene rings is 1. The molecule has 0 saturated carbocycles. The van der Waals surface area contributed by atoms with Crippen LogP contribution in [0, 0.1) is 5.41 Å². The third-order valence-corrected chi connectivity index (χ3v) is 3.68. The van der Waals surface area contributed by atoms with Gasteiger partial charge in [-0.3, -0.25) is 5.41 Å². The average molecular weight is 294 g/mol. The highest BCUT2D eigenvalue weighted by molar-refractivity contribution is 6.42. The number of halogens is 2. The van der Waals surface area contributed by atoms with Crippen LogP contribution in [-0.4, -0.2) is 19.5 Å². The summed E-state index contributed by atoms with van der Waals surface area (Å²) in [6, 6.07) is 5.49. The Labute approximate surface area is 118 Å². The molecule has 2 heterocycles. The molecule has 1 aromatic carbocycles. The maximum atomic E-state index is 7.69. The van der Waals surface area contributed by atoms with Crippen molar-refractivity contribution in [2.45, 2.75) is 6.54 Å². The number of rotatable bonds is 2. The second kappa shape index (κ2) is 4.68. The Balaban J connectivity index is 2.11. The first-order chi connectivity index (χ1) is 9.16. The van der Waals surface area contributed by atoms with Crippen molar-refractivity contribution in [3.8, 4) is 0 Å². The van der Waals surface area contributed by atoms with Gasteiger partial charge < -0.3 is 9.55 Å². The summed E-state index contributed by atoms with van der Waals surface area (Å²) in [4.78, 5) is 11.1. The minimum atomic E-state index is 0.168. The highest BCUT2D eigenvalue weighted by Gasteiger charge is 2.08. The van der Waals surface area contributed by atoms with Gasteiger partial charge in [-0.25, -0.2) is 9.97 Å². The lowest BCUT2D eigenvalue weighted by molar-refractivity contribution is 0.784. The molecular formula is C12H9Cl2N5. The monoisotopic (exact) mass is 293 g/mol. The van der Waals surface area contributed by atoms with Crippen molar-refractivity contribution in [3.05, 3.63) is 52.0 Å². The molecule has 0 aliphatic carbocycles. The number of nitrogens with one attached hydrogen (secondary N) is 2. The molecule has 0 saturated heterocycles. The Kier molecular flexibility index (Phi) is 3.00. The molecule has 0 unspecified atom stereocenters. The molecule has 3 rings (SSSR count). The van der Waals surface area contributed by atoms with Crippen LogP contribution in [0.5, 0.6) is 0 Å². The molecule has 2 N–H and O–H groups in total. The topological polar surface area (TPSA) is 70.3 Å². The van der Waals surface area contributed by atoms with E-state index in [1.54, 1.807) is 18.7 Å². The SMILES string of the molecule is N=c1ncn(Cc2cccc(Cl)c2Cl)c2nc[nH]c12. The zero-order chi connectivity index (χ0) is 13.4. The summed E-state index contributed by atoms with van der Waals surface area (Å²) in [5.41, 5.74) is 2.31. The third-order valence-electron chi connectivity index (χ3n) is 2.83. The molecule has 0 aliphatic rings. The fraction of sp³-hybridized carbons (Fsp3) is 0.0833. The highest BCUT2D eigenvalue weighted by atomic mass is 35.5. The van der Waals surface area contributed by atoms with Gasteiger partial charge in [0.1, 0.15) is 5.52 Å². The predicted molar refractivity (Wildman–Crippen MR) is 73.3 cm³/mol. The molecule has 0 bridgehead atoms. The molecule has 0 fully saturated rings. The van der Waals surface area contributed by atoms with Crippen LogP contribution in [0.4, 0.5) is 0 Å². The second-order valence-corrected chi connectivity index (χ2v) is 4.82. The quantitative estimate of drug-likeness (QED) is 0.762. The van der Waals surface area contributed by atoms with Crippen LogP contribution < -0.4 is 5.49 Å². The van der Waals surface area contributed by atoms with Crippen LogP contribution >= 0.6 is 23.2 Å². The van der Waals surface area contributed by atoms with E-state index in [1.165, 1.54) is 0 Å². The van der Waals surface area contributed by atoms with Gasteiger partial charge in [0.25, 0.3) is 0 Å². The molecular weight excluding hydrogens is 285 g/mol. The van der Waals surface area contributed by atoms with E-state index in [1.807, 2.05) is 16.7 Å². The Hall–Kier alpha value is -1.85. The molecule has 0 spiro atoms. The Morgan fingerprint density at radius 2 is 2.11 bits per heavy atom. The number of hydrogen-bond donors (Lipinski definition) is 2. The molecule has 19 heavy (non-hydrogen) atoms. The average Bonchev–Trinajstić information content (AvgIpc) is 2.88. The normalized spacial score (nSPS) is 11.1. The minimum Gasteiger partial charge on any atom is -0.340 e. The molecule has 0 radical (unpaired) electrons. The van der Waals surface area contributed by atoms with Crippen molar-refractivity contribution in [1.82, 2.24) is 19.5 Å². The van der Waals surface area contributed by atoms with Gasteiger partial charge in [-0.1, -0.05) is 35.3 Å². The number of aromatic amines is 1. The summed E-state index contributed by atoms with van der Waals surface area (Å²) >= 11 is 12.2. The van der Waals surface area contributed by atoms with E-state index in [0.29, 0.717) is 27.8 Å². The molecule has 5 nitrogen and oxygen atoms in total. The Morgan fingerprint density at radius 3 is 2.95 bits per heavy atom. The minimum absolute atomic E-state index is 0.168. The van der Waals surface area contributed by atoms with E-state index in [-0.39, 0.29) is 5.49 Å². The lowest BCUT2D eigenvalue weighted by Crippen LogP contribution is -2.13. The fourth-order valence-corrected chi connectivity index (χ4v) is 2.28. The summed E-state index contributed by atoms with van der Waals surface area (Å²) in [5, 5.41) is 8.73. The van der Waals surface area contributed by atoms with Crippen LogP contribution in [0.3, 0.4) is 0 Å². The smallest absolute Gasteiger partial charge is 0.173 e. The van der Waals surface area contributed by atoms with Gasteiger partial charge in [-0.05, 0) is 11.6 Å². The first-order valence-corrected chi connectivity index (χ1v) is 6.28. The molecule has 96 valence electrons. The molecule has 3 aromatic rings. The largest absolute Gasteiger partial charge is 0.340 e. The van der Waals surface area contributed by atoms with Gasteiger partial charge in [0.2, 0.25) is 0 Å². The zero-order valence-corrected chi connectivity index (χ0v) is 11.2. The van der Waals surface area contributed by atoms with Gasteiger partial charge in [-0.15, -0.1) is 0 Å². The van der Waals surface area contributed by atoms with E-state index >= 15 is 0 Å². The summed E-state index contributed by atoms with van der Waals surface area (Å²) in [5.74, 6) is 0. The lowest BCUT2D eigenvalue weighted by Gasteiger charge is -2.09.